The van der Waals surface area contributed by atoms with E-state index in [4.69, 9.17) is 0 Å². The van der Waals surface area contributed by atoms with Gasteiger partial charge in [0.05, 0.1) is 0 Å². The van der Waals surface area contributed by atoms with E-state index in [-0.39, 0.29) is 23.2 Å². The second kappa shape index (κ2) is 8.83. The van der Waals surface area contributed by atoms with E-state index in [1.54, 1.807) is 4.90 Å². The minimum absolute atomic E-state index is 0.0838. The van der Waals surface area contributed by atoms with Gasteiger partial charge in [0.2, 0.25) is 0 Å². The lowest BCUT2D eigenvalue weighted by atomic mass is 9.97. The number of rotatable bonds is 3. The quantitative estimate of drug-likeness (QED) is 0.704. The predicted molar refractivity (Wildman–Crippen MR) is 101 cm³/mol. The Kier molecular flexibility index (Phi) is 6.76. The molecular weight excluding hydrogens is 351 g/mol. The Morgan fingerprint density at radius 1 is 1.15 bits per heavy atom. The van der Waals surface area contributed by atoms with Gasteiger partial charge in [0.1, 0.15) is 5.82 Å². The summed E-state index contributed by atoms with van der Waals surface area (Å²) >= 11 is 0. The highest BCUT2D eigenvalue weighted by Gasteiger charge is 2.26. The zero-order valence-electron chi connectivity index (χ0n) is 16.0. The van der Waals surface area contributed by atoms with Crippen LogP contribution in [0.1, 0.15) is 33.6 Å². The van der Waals surface area contributed by atoms with Gasteiger partial charge in [-0.25, -0.2) is 9.18 Å². The van der Waals surface area contributed by atoms with Gasteiger partial charge in [-0.15, -0.1) is 0 Å². The van der Waals surface area contributed by atoms with E-state index in [1.165, 1.54) is 18.2 Å². The standard InChI is InChI=1S/C19H27FN4O3/c1-19(2,3)23-18(27)24-9-7-13(8-10-24)12-21-16(25)17(26)22-15-6-4-5-14(20)11-15/h4-6,11,13H,7-10,12H2,1-3H3,(H,21,25)(H,22,26)(H,23,27). The zero-order chi connectivity index (χ0) is 20.0. The first kappa shape index (κ1) is 20.7. The van der Waals surface area contributed by atoms with Crippen molar-refractivity contribution in [2.75, 3.05) is 25.0 Å². The molecule has 27 heavy (non-hydrogen) atoms. The third kappa shape index (κ3) is 6.88. The highest BCUT2D eigenvalue weighted by Crippen LogP contribution is 2.17. The summed E-state index contributed by atoms with van der Waals surface area (Å²) in [5.41, 5.74) is -0.0509. The van der Waals surface area contributed by atoms with Gasteiger partial charge in [-0.3, -0.25) is 9.59 Å². The van der Waals surface area contributed by atoms with Crippen molar-refractivity contribution in [1.82, 2.24) is 15.5 Å². The molecule has 0 aliphatic carbocycles. The molecule has 0 unspecified atom stereocenters. The van der Waals surface area contributed by atoms with Crippen molar-refractivity contribution >= 4 is 23.5 Å². The van der Waals surface area contributed by atoms with Crippen LogP contribution in [0.25, 0.3) is 0 Å². The third-order valence-corrected chi connectivity index (χ3v) is 4.22. The molecule has 4 amide bonds. The van der Waals surface area contributed by atoms with Gasteiger partial charge in [0.15, 0.2) is 0 Å². The molecule has 1 aromatic rings. The van der Waals surface area contributed by atoms with Gasteiger partial charge in [0.25, 0.3) is 0 Å². The van der Waals surface area contributed by atoms with Crippen LogP contribution in [0, 0.1) is 11.7 Å². The van der Waals surface area contributed by atoms with Crippen LogP contribution in [0.2, 0.25) is 0 Å². The van der Waals surface area contributed by atoms with Gasteiger partial charge in [-0.05, 0) is 57.7 Å². The summed E-state index contributed by atoms with van der Waals surface area (Å²) in [5, 5.41) is 7.90. The van der Waals surface area contributed by atoms with Crippen molar-refractivity contribution in [3.8, 4) is 0 Å². The first-order valence-corrected chi connectivity index (χ1v) is 9.06. The van der Waals surface area contributed by atoms with Crippen LogP contribution in [-0.4, -0.2) is 47.9 Å². The lowest BCUT2D eigenvalue weighted by molar-refractivity contribution is -0.136. The maximum Gasteiger partial charge on any atom is 0.317 e. The minimum atomic E-state index is -0.831. The summed E-state index contributed by atoms with van der Waals surface area (Å²) in [5.74, 6) is -1.88. The van der Waals surface area contributed by atoms with Gasteiger partial charge in [-0.1, -0.05) is 6.07 Å². The van der Waals surface area contributed by atoms with E-state index in [2.05, 4.69) is 16.0 Å². The Labute approximate surface area is 158 Å². The maximum atomic E-state index is 13.1. The Hall–Kier alpha value is -2.64. The molecule has 148 valence electrons. The number of nitrogens with zero attached hydrogens (tertiary/aromatic N) is 1. The summed E-state index contributed by atoms with van der Waals surface area (Å²) in [6.07, 6.45) is 1.51. The molecule has 1 heterocycles. The molecule has 1 saturated heterocycles. The van der Waals surface area contributed by atoms with Gasteiger partial charge in [-0.2, -0.15) is 0 Å². The molecule has 0 saturated carbocycles. The number of carbonyl (C=O) groups is 3. The lowest BCUT2D eigenvalue weighted by Crippen LogP contribution is -2.51. The fraction of sp³-hybridized carbons (Fsp3) is 0.526. The second-order valence-corrected chi connectivity index (χ2v) is 7.79. The molecule has 0 bridgehead atoms. The third-order valence-electron chi connectivity index (χ3n) is 4.22. The van der Waals surface area contributed by atoms with E-state index < -0.39 is 17.6 Å². The number of likely N-dealkylation sites (tertiary alicyclic amines) is 1. The Balaban J connectivity index is 1.72. The first-order chi connectivity index (χ1) is 12.6. The van der Waals surface area contributed by atoms with Crippen LogP contribution in [0.3, 0.4) is 0 Å². The molecule has 0 spiro atoms. The van der Waals surface area contributed by atoms with Crippen LogP contribution >= 0.6 is 0 Å². The highest BCUT2D eigenvalue weighted by atomic mass is 19.1. The summed E-state index contributed by atoms with van der Waals surface area (Å²) in [7, 11) is 0. The van der Waals surface area contributed by atoms with E-state index in [0.717, 1.165) is 18.9 Å². The summed E-state index contributed by atoms with van der Waals surface area (Å²) < 4.78 is 13.1. The molecular formula is C19H27FN4O3. The van der Waals surface area contributed by atoms with Crippen LogP contribution in [0.15, 0.2) is 24.3 Å². The van der Waals surface area contributed by atoms with E-state index in [0.29, 0.717) is 19.6 Å². The molecule has 1 aliphatic heterocycles. The van der Waals surface area contributed by atoms with Gasteiger partial charge >= 0.3 is 17.8 Å². The number of amides is 4. The molecule has 0 radical (unpaired) electrons. The van der Waals surface area contributed by atoms with E-state index >= 15 is 0 Å². The molecule has 1 fully saturated rings. The van der Waals surface area contributed by atoms with E-state index in [1.807, 2.05) is 20.8 Å². The number of piperidine rings is 1. The predicted octanol–water partition coefficient (Wildman–Crippen LogP) is 2.10. The SMILES string of the molecule is CC(C)(C)NC(=O)N1CCC(CNC(=O)C(=O)Nc2cccc(F)c2)CC1. The number of anilines is 1. The van der Waals surface area contributed by atoms with Crippen molar-refractivity contribution in [1.29, 1.82) is 0 Å². The minimum Gasteiger partial charge on any atom is -0.348 e. The topological polar surface area (TPSA) is 90.5 Å². The average Bonchev–Trinajstić information content (AvgIpc) is 2.58. The van der Waals surface area contributed by atoms with Crippen LogP contribution in [0.4, 0.5) is 14.9 Å². The first-order valence-electron chi connectivity index (χ1n) is 9.06. The molecule has 3 N–H and O–H groups in total. The highest BCUT2D eigenvalue weighted by molar-refractivity contribution is 6.39. The van der Waals surface area contributed by atoms with Crippen molar-refractivity contribution in [2.45, 2.75) is 39.2 Å². The molecule has 2 rings (SSSR count). The Morgan fingerprint density at radius 2 is 1.81 bits per heavy atom. The average molecular weight is 378 g/mol. The van der Waals surface area contributed by atoms with Crippen molar-refractivity contribution < 1.29 is 18.8 Å². The summed E-state index contributed by atoms with van der Waals surface area (Å²) in [6.45, 7) is 7.38. The summed E-state index contributed by atoms with van der Waals surface area (Å²) in [4.78, 5) is 37.7. The number of benzene rings is 1. The van der Waals surface area contributed by atoms with Crippen molar-refractivity contribution in [3.63, 3.8) is 0 Å². The van der Waals surface area contributed by atoms with Gasteiger partial charge < -0.3 is 20.9 Å². The molecule has 0 atom stereocenters. The number of halogens is 1. The maximum absolute atomic E-state index is 13.1. The van der Waals surface area contributed by atoms with Crippen LogP contribution in [0.5, 0.6) is 0 Å². The molecule has 7 nitrogen and oxygen atoms in total. The zero-order valence-corrected chi connectivity index (χ0v) is 16.0. The number of nitrogens with one attached hydrogen (secondary N) is 3. The molecule has 1 aromatic carbocycles. The largest absolute Gasteiger partial charge is 0.348 e. The summed E-state index contributed by atoms with van der Waals surface area (Å²) in [6, 6.07) is 5.27. The van der Waals surface area contributed by atoms with Crippen molar-refractivity contribution in [2.24, 2.45) is 5.92 Å². The van der Waals surface area contributed by atoms with E-state index in [9.17, 15) is 18.8 Å². The fourth-order valence-corrected chi connectivity index (χ4v) is 2.81. The number of hydrogen-bond acceptors (Lipinski definition) is 3. The smallest absolute Gasteiger partial charge is 0.317 e. The fourth-order valence-electron chi connectivity index (χ4n) is 2.81. The van der Waals surface area contributed by atoms with Crippen LogP contribution < -0.4 is 16.0 Å². The monoisotopic (exact) mass is 378 g/mol. The lowest BCUT2D eigenvalue weighted by Gasteiger charge is -2.34. The van der Waals surface area contributed by atoms with Crippen molar-refractivity contribution in [3.05, 3.63) is 30.1 Å². The number of carbonyl (C=O) groups excluding carboxylic acids is 3. The number of urea groups is 1. The molecule has 1 aliphatic rings. The van der Waals surface area contributed by atoms with Crippen LogP contribution in [-0.2, 0) is 9.59 Å². The molecule has 0 aromatic heterocycles. The number of hydrogen-bond donors (Lipinski definition) is 3. The second-order valence-electron chi connectivity index (χ2n) is 7.79. The molecule has 8 heteroatoms. The van der Waals surface area contributed by atoms with Gasteiger partial charge in [0, 0.05) is 30.9 Å². The Morgan fingerprint density at radius 3 is 2.41 bits per heavy atom. The Bertz CT molecular complexity index is 694. The normalized spacial score (nSPS) is 15.2.